The molecule has 4 heteroatoms. The minimum Gasteiger partial charge on any atom is -0.395 e. The molecule has 1 atom stereocenters. The summed E-state index contributed by atoms with van der Waals surface area (Å²) >= 11 is 0. The van der Waals surface area contributed by atoms with Crippen LogP contribution < -0.4 is 10.2 Å². The van der Waals surface area contributed by atoms with Crippen LogP contribution in [0, 0.1) is 5.82 Å². The number of anilines is 1. The number of halogens is 1. The van der Waals surface area contributed by atoms with Crippen LogP contribution in [0.3, 0.4) is 0 Å². The monoisotopic (exact) mass is 238 g/mol. The Kier molecular flexibility index (Phi) is 3.97. The topological polar surface area (TPSA) is 35.5 Å². The van der Waals surface area contributed by atoms with E-state index in [1.54, 1.807) is 12.1 Å². The van der Waals surface area contributed by atoms with E-state index >= 15 is 0 Å². The van der Waals surface area contributed by atoms with E-state index in [9.17, 15) is 9.50 Å². The van der Waals surface area contributed by atoms with Crippen LogP contribution in [0.15, 0.2) is 24.3 Å². The number of hydrogen-bond donors (Lipinski definition) is 2. The molecule has 1 saturated carbocycles. The third-order valence-electron chi connectivity index (χ3n) is 3.03. The van der Waals surface area contributed by atoms with Crippen molar-refractivity contribution < 1.29 is 9.50 Å². The molecule has 0 aliphatic heterocycles. The smallest absolute Gasteiger partial charge is 0.123 e. The van der Waals surface area contributed by atoms with E-state index in [1.165, 1.54) is 25.0 Å². The lowest BCUT2D eigenvalue weighted by Crippen LogP contribution is -2.43. The molecule has 0 bridgehead atoms. The molecule has 2 N–H and O–H groups in total. The lowest BCUT2D eigenvalue weighted by molar-refractivity contribution is 0.243. The van der Waals surface area contributed by atoms with Gasteiger partial charge in [0, 0.05) is 31.4 Å². The molecular weight excluding hydrogens is 219 g/mol. The highest BCUT2D eigenvalue weighted by Gasteiger charge is 2.24. The highest BCUT2D eigenvalue weighted by atomic mass is 19.1. The van der Waals surface area contributed by atoms with E-state index in [-0.39, 0.29) is 18.5 Å². The van der Waals surface area contributed by atoms with Crippen molar-refractivity contribution in [3.8, 4) is 0 Å². The minimum absolute atomic E-state index is 0.0811. The van der Waals surface area contributed by atoms with Gasteiger partial charge < -0.3 is 15.3 Å². The summed E-state index contributed by atoms with van der Waals surface area (Å²) in [6.07, 6.45) is 2.41. The van der Waals surface area contributed by atoms with Gasteiger partial charge in [-0.2, -0.15) is 0 Å². The van der Waals surface area contributed by atoms with E-state index in [2.05, 4.69) is 5.32 Å². The lowest BCUT2D eigenvalue weighted by Gasteiger charge is -2.25. The molecule has 0 amide bonds. The van der Waals surface area contributed by atoms with Crippen LogP contribution in [0.5, 0.6) is 0 Å². The van der Waals surface area contributed by atoms with Gasteiger partial charge in [-0.3, -0.25) is 0 Å². The van der Waals surface area contributed by atoms with Crippen molar-refractivity contribution in [2.45, 2.75) is 24.9 Å². The summed E-state index contributed by atoms with van der Waals surface area (Å²) in [6.45, 7) is 0.848. The molecule has 1 unspecified atom stereocenters. The van der Waals surface area contributed by atoms with Crippen LogP contribution in [0.25, 0.3) is 0 Å². The lowest BCUT2D eigenvalue weighted by atomic mass is 10.2. The molecule has 2 rings (SSSR count). The standard InChI is InChI=1S/C13H19FN2O/c1-16(13-6-2-10(14)3-7-13)8-12(9-17)15-11-4-5-11/h2-3,6-7,11-12,15,17H,4-5,8-9H2,1H3. The Hall–Kier alpha value is -1.13. The number of aliphatic hydroxyl groups is 1. The molecular formula is C13H19FN2O. The highest BCUT2D eigenvalue weighted by Crippen LogP contribution is 2.20. The fraction of sp³-hybridized carbons (Fsp3) is 0.538. The predicted molar refractivity (Wildman–Crippen MR) is 66.7 cm³/mol. The summed E-state index contributed by atoms with van der Waals surface area (Å²) in [5, 5.41) is 12.7. The highest BCUT2D eigenvalue weighted by molar-refractivity contribution is 5.45. The van der Waals surface area contributed by atoms with Gasteiger partial charge in [0.1, 0.15) is 5.82 Å². The van der Waals surface area contributed by atoms with E-state index in [0.29, 0.717) is 6.04 Å². The fourth-order valence-electron chi connectivity index (χ4n) is 1.88. The Morgan fingerprint density at radius 1 is 1.41 bits per heavy atom. The van der Waals surface area contributed by atoms with Gasteiger partial charge >= 0.3 is 0 Å². The molecule has 0 radical (unpaired) electrons. The van der Waals surface area contributed by atoms with E-state index in [4.69, 9.17) is 0 Å². The van der Waals surface area contributed by atoms with Crippen molar-refractivity contribution in [3.63, 3.8) is 0 Å². The van der Waals surface area contributed by atoms with Crippen molar-refractivity contribution in [2.75, 3.05) is 25.1 Å². The first-order chi connectivity index (χ1) is 8.19. The quantitative estimate of drug-likeness (QED) is 0.786. The summed E-state index contributed by atoms with van der Waals surface area (Å²) in [5.41, 5.74) is 0.961. The van der Waals surface area contributed by atoms with Crippen LogP contribution in [0.1, 0.15) is 12.8 Å². The average Bonchev–Trinajstić information content (AvgIpc) is 3.13. The second-order valence-electron chi connectivity index (χ2n) is 4.68. The third kappa shape index (κ3) is 3.68. The van der Waals surface area contributed by atoms with Gasteiger partial charge in [0.15, 0.2) is 0 Å². The van der Waals surface area contributed by atoms with Crippen LogP contribution in [0.4, 0.5) is 10.1 Å². The van der Waals surface area contributed by atoms with Crippen LogP contribution in [-0.4, -0.2) is 37.4 Å². The molecule has 1 aliphatic rings. The largest absolute Gasteiger partial charge is 0.395 e. The van der Waals surface area contributed by atoms with E-state index in [0.717, 1.165) is 12.2 Å². The zero-order chi connectivity index (χ0) is 12.3. The average molecular weight is 238 g/mol. The van der Waals surface area contributed by atoms with Crippen molar-refractivity contribution >= 4 is 5.69 Å². The van der Waals surface area contributed by atoms with Crippen LogP contribution >= 0.6 is 0 Å². The maximum absolute atomic E-state index is 12.8. The molecule has 94 valence electrons. The number of benzene rings is 1. The SMILES string of the molecule is CN(CC(CO)NC1CC1)c1ccc(F)cc1. The number of rotatable bonds is 6. The van der Waals surface area contributed by atoms with Crippen molar-refractivity contribution in [2.24, 2.45) is 0 Å². The first-order valence-corrected chi connectivity index (χ1v) is 6.02. The minimum atomic E-state index is -0.225. The summed E-state index contributed by atoms with van der Waals surface area (Å²) in [7, 11) is 1.95. The van der Waals surface area contributed by atoms with Crippen molar-refractivity contribution in [1.29, 1.82) is 0 Å². The first-order valence-electron chi connectivity index (χ1n) is 6.02. The van der Waals surface area contributed by atoms with Gasteiger partial charge in [0.25, 0.3) is 0 Å². The van der Waals surface area contributed by atoms with Gasteiger partial charge in [-0.05, 0) is 37.1 Å². The van der Waals surface area contributed by atoms with Crippen molar-refractivity contribution in [3.05, 3.63) is 30.1 Å². The van der Waals surface area contributed by atoms with Gasteiger partial charge in [-0.1, -0.05) is 0 Å². The number of nitrogens with zero attached hydrogens (tertiary/aromatic N) is 1. The molecule has 1 aromatic rings. The number of likely N-dealkylation sites (N-methyl/N-ethyl adjacent to an activating group) is 1. The maximum Gasteiger partial charge on any atom is 0.123 e. The molecule has 17 heavy (non-hydrogen) atoms. The van der Waals surface area contributed by atoms with Crippen LogP contribution in [-0.2, 0) is 0 Å². The Morgan fingerprint density at radius 2 is 2.06 bits per heavy atom. The number of aliphatic hydroxyl groups excluding tert-OH is 1. The van der Waals surface area contributed by atoms with E-state index < -0.39 is 0 Å². The summed E-state index contributed by atoms with van der Waals surface area (Å²) < 4.78 is 12.8. The Morgan fingerprint density at radius 3 is 2.59 bits per heavy atom. The summed E-state index contributed by atoms with van der Waals surface area (Å²) in [4.78, 5) is 2.02. The number of hydrogen-bond acceptors (Lipinski definition) is 3. The van der Waals surface area contributed by atoms with Gasteiger partial charge in [-0.15, -0.1) is 0 Å². The molecule has 0 saturated heterocycles. The molecule has 0 aromatic heterocycles. The normalized spacial score (nSPS) is 16.9. The molecule has 1 fully saturated rings. The third-order valence-corrected chi connectivity index (χ3v) is 3.03. The zero-order valence-corrected chi connectivity index (χ0v) is 10.1. The Labute approximate surface area is 101 Å². The van der Waals surface area contributed by atoms with Gasteiger partial charge in [0.05, 0.1) is 6.61 Å². The zero-order valence-electron chi connectivity index (χ0n) is 10.1. The van der Waals surface area contributed by atoms with Crippen LogP contribution in [0.2, 0.25) is 0 Å². The molecule has 1 aliphatic carbocycles. The van der Waals surface area contributed by atoms with Gasteiger partial charge in [-0.25, -0.2) is 4.39 Å². The predicted octanol–water partition coefficient (Wildman–Crippen LogP) is 1.37. The van der Waals surface area contributed by atoms with Crippen molar-refractivity contribution in [1.82, 2.24) is 5.32 Å². The summed E-state index contributed by atoms with van der Waals surface area (Å²) in [5.74, 6) is -0.225. The first kappa shape index (κ1) is 12.3. The molecule has 1 aromatic carbocycles. The van der Waals surface area contributed by atoms with Gasteiger partial charge in [0.2, 0.25) is 0 Å². The second kappa shape index (κ2) is 5.47. The van der Waals surface area contributed by atoms with E-state index in [1.807, 2.05) is 11.9 Å². The molecule has 3 nitrogen and oxygen atoms in total. The Bertz CT molecular complexity index is 351. The second-order valence-corrected chi connectivity index (χ2v) is 4.68. The molecule has 0 heterocycles. The Balaban J connectivity index is 1.89. The molecule has 0 spiro atoms. The fourth-order valence-corrected chi connectivity index (χ4v) is 1.88. The maximum atomic E-state index is 12.8. The number of nitrogens with one attached hydrogen (secondary N) is 1. The summed E-state index contributed by atoms with van der Waals surface area (Å²) in [6, 6.07) is 7.07.